The van der Waals surface area contributed by atoms with Gasteiger partial charge in [-0.25, -0.2) is 0 Å². The van der Waals surface area contributed by atoms with Gasteiger partial charge in [0.05, 0.1) is 15.7 Å². The fourth-order valence-electron chi connectivity index (χ4n) is 1.14. The average molecular weight is 308 g/mol. The lowest BCUT2D eigenvalue weighted by Gasteiger charge is -2.17. The van der Waals surface area contributed by atoms with Crippen LogP contribution in [0.5, 0.6) is 0 Å². The fraction of sp³-hybridized carbons (Fsp3) is 0.333. The summed E-state index contributed by atoms with van der Waals surface area (Å²) >= 11 is 17.8. The van der Waals surface area contributed by atoms with Gasteiger partial charge in [-0.3, -0.25) is 10.2 Å². The van der Waals surface area contributed by atoms with Crippen LogP contribution in [0.25, 0.3) is 0 Å². The standard InChI is InChI=1S/C12H13Cl3N2O/c1-12(2,3)10(6-18)16-17-11-8(14)4-7(13)5-9(11)15/h4-6,17H,1-3H3/b16-10+. The number of carbonyl (C=O) groups is 1. The van der Waals surface area contributed by atoms with Crippen molar-refractivity contribution in [2.75, 3.05) is 5.43 Å². The Morgan fingerprint density at radius 3 is 2.11 bits per heavy atom. The molecule has 0 saturated heterocycles. The molecule has 18 heavy (non-hydrogen) atoms. The number of hydrazone groups is 1. The van der Waals surface area contributed by atoms with Crippen molar-refractivity contribution in [3.05, 3.63) is 27.2 Å². The van der Waals surface area contributed by atoms with Crippen molar-refractivity contribution < 1.29 is 4.79 Å². The average Bonchev–Trinajstić information content (AvgIpc) is 2.19. The second kappa shape index (κ2) is 5.91. The van der Waals surface area contributed by atoms with Crippen molar-refractivity contribution in [1.82, 2.24) is 0 Å². The summed E-state index contributed by atoms with van der Waals surface area (Å²) in [6.45, 7) is 5.65. The summed E-state index contributed by atoms with van der Waals surface area (Å²) in [6.07, 6.45) is 0.699. The van der Waals surface area contributed by atoms with E-state index in [0.717, 1.165) is 0 Å². The van der Waals surface area contributed by atoms with E-state index in [9.17, 15) is 4.79 Å². The Labute approximate surface area is 121 Å². The SMILES string of the molecule is CC(C)(C)/C(C=O)=N/Nc1c(Cl)cc(Cl)cc1Cl. The lowest BCUT2D eigenvalue weighted by molar-refractivity contribution is -0.103. The van der Waals surface area contributed by atoms with Crippen molar-refractivity contribution in [3.63, 3.8) is 0 Å². The van der Waals surface area contributed by atoms with Gasteiger partial charge in [0, 0.05) is 10.4 Å². The number of carbonyl (C=O) groups excluding carboxylic acids is 1. The van der Waals surface area contributed by atoms with E-state index in [-0.39, 0.29) is 5.41 Å². The summed E-state index contributed by atoms with van der Waals surface area (Å²) in [5.41, 5.74) is 3.13. The largest absolute Gasteiger partial charge is 0.296 e. The second-order valence-electron chi connectivity index (χ2n) is 4.72. The molecular weight excluding hydrogens is 295 g/mol. The number of nitrogens with zero attached hydrogens (tertiary/aromatic N) is 1. The molecule has 3 nitrogen and oxygen atoms in total. The van der Waals surface area contributed by atoms with Gasteiger partial charge in [0.25, 0.3) is 0 Å². The van der Waals surface area contributed by atoms with Crippen LogP contribution in [-0.2, 0) is 4.79 Å². The third-order valence-corrected chi connectivity index (χ3v) is 2.99. The van der Waals surface area contributed by atoms with Crippen LogP contribution >= 0.6 is 34.8 Å². The van der Waals surface area contributed by atoms with Crippen LogP contribution in [0.3, 0.4) is 0 Å². The first-order valence-electron chi connectivity index (χ1n) is 5.19. The molecule has 0 unspecified atom stereocenters. The van der Waals surface area contributed by atoms with E-state index in [1.54, 1.807) is 12.1 Å². The lowest BCUT2D eigenvalue weighted by atomic mass is 9.91. The molecule has 1 aromatic rings. The number of anilines is 1. The Balaban J connectivity index is 3.06. The third-order valence-electron chi connectivity index (χ3n) is 2.18. The second-order valence-corrected chi connectivity index (χ2v) is 5.97. The van der Waals surface area contributed by atoms with Crippen LogP contribution in [-0.4, -0.2) is 12.0 Å². The maximum atomic E-state index is 10.9. The molecule has 0 fully saturated rings. The van der Waals surface area contributed by atoms with Gasteiger partial charge in [0.15, 0.2) is 6.29 Å². The van der Waals surface area contributed by atoms with Crippen molar-refractivity contribution >= 4 is 52.5 Å². The third kappa shape index (κ3) is 3.87. The minimum atomic E-state index is -0.361. The first-order valence-corrected chi connectivity index (χ1v) is 6.33. The molecule has 0 heterocycles. The highest BCUT2D eigenvalue weighted by Crippen LogP contribution is 2.33. The summed E-state index contributed by atoms with van der Waals surface area (Å²) in [7, 11) is 0. The van der Waals surface area contributed by atoms with E-state index in [4.69, 9.17) is 34.8 Å². The Kier molecular flexibility index (Phi) is 5.02. The minimum Gasteiger partial charge on any atom is -0.296 e. The van der Waals surface area contributed by atoms with E-state index in [2.05, 4.69) is 10.5 Å². The van der Waals surface area contributed by atoms with Crippen LogP contribution in [0, 0.1) is 5.41 Å². The predicted octanol–water partition coefficient (Wildman–Crippen LogP) is 4.66. The van der Waals surface area contributed by atoms with Crippen LogP contribution < -0.4 is 5.43 Å². The first-order chi connectivity index (χ1) is 8.25. The molecule has 6 heteroatoms. The van der Waals surface area contributed by atoms with Gasteiger partial charge in [0.1, 0.15) is 5.71 Å². The normalized spacial score (nSPS) is 12.4. The van der Waals surface area contributed by atoms with E-state index in [1.807, 2.05) is 20.8 Å². The summed E-state index contributed by atoms with van der Waals surface area (Å²) in [4.78, 5) is 10.9. The Morgan fingerprint density at radius 2 is 1.72 bits per heavy atom. The Bertz CT molecular complexity index is 470. The number of benzene rings is 1. The Hall–Kier alpha value is -0.770. The molecule has 0 aliphatic heterocycles. The molecule has 98 valence electrons. The minimum absolute atomic E-state index is 0.343. The zero-order valence-corrected chi connectivity index (χ0v) is 12.5. The summed E-state index contributed by atoms with van der Waals surface area (Å²) in [5.74, 6) is 0. The van der Waals surface area contributed by atoms with Gasteiger partial charge in [-0.05, 0) is 12.1 Å². The van der Waals surface area contributed by atoms with Gasteiger partial charge in [-0.1, -0.05) is 55.6 Å². The molecule has 0 aromatic heterocycles. The van der Waals surface area contributed by atoms with Crippen molar-refractivity contribution in [3.8, 4) is 0 Å². The molecule has 0 spiro atoms. The van der Waals surface area contributed by atoms with Crippen LogP contribution in [0.15, 0.2) is 17.2 Å². The molecule has 0 atom stereocenters. The first kappa shape index (κ1) is 15.3. The van der Waals surface area contributed by atoms with Crippen molar-refractivity contribution in [2.45, 2.75) is 20.8 Å². The van der Waals surface area contributed by atoms with E-state index >= 15 is 0 Å². The molecule has 0 saturated carbocycles. The van der Waals surface area contributed by atoms with Crippen LogP contribution in [0.1, 0.15) is 20.8 Å². The smallest absolute Gasteiger partial charge is 0.166 e. The number of rotatable bonds is 3. The summed E-state index contributed by atoms with van der Waals surface area (Å²) in [5, 5.41) is 5.14. The molecule has 0 aliphatic rings. The molecule has 0 bridgehead atoms. The van der Waals surface area contributed by atoms with E-state index in [1.165, 1.54) is 0 Å². The number of halogens is 3. The van der Waals surface area contributed by atoms with Crippen molar-refractivity contribution in [2.24, 2.45) is 10.5 Å². The number of hydrogen-bond donors (Lipinski definition) is 1. The highest BCUT2D eigenvalue weighted by atomic mass is 35.5. The number of nitrogens with one attached hydrogen (secondary N) is 1. The zero-order chi connectivity index (χ0) is 13.9. The molecule has 0 radical (unpaired) electrons. The molecule has 1 rings (SSSR count). The number of aldehydes is 1. The van der Waals surface area contributed by atoms with E-state index < -0.39 is 0 Å². The van der Waals surface area contributed by atoms with Gasteiger partial charge >= 0.3 is 0 Å². The zero-order valence-electron chi connectivity index (χ0n) is 10.2. The monoisotopic (exact) mass is 306 g/mol. The Morgan fingerprint density at radius 1 is 1.22 bits per heavy atom. The fourth-order valence-corrected chi connectivity index (χ4v) is 2.04. The predicted molar refractivity (Wildman–Crippen MR) is 78.0 cm³/mol. The molecule has 0 amide bonds. The van der Waals surface area contributed by atoms with E-state index in [0.29, 0.717) is 32.8 Å². The number of hydrogen-bond acceptors (Lipinski definition) is 3. The maximum Gasteiger partial charge on any atom is 0.166 e. The quantitative estimate of drug-likeness (QED) is 0.501. The molecular formula is C12H13Cl3N2O. The van der Waals surface area contributed by atoms with Crippen LogP contribution in [0.4, 0.5) is 5.69 Å². The highest BCUT2D eigenvalue weighted by Gasteiger charge is 2.18. The highest BCUT2D eigenvalue weighted by molar-refractivity contribution is 6.41. The molecule has 1 aromatic carbocycles. The maximum absolute atomic E-state index is 10.9. The van der Waals surface area contributed by atoms with Gasteiger partial charge in [-0.15, -0.1) is 0 Å². The van der Waals surface area contributed by atoms with Gasteiger partial charge in [0.2, 0.25) is 0 Å². The van der Waals surface area contributed by atoms with Gasteiger partial charge in [-0.2, -0.15) is 5.10 Å². The van der Waals surface area contributed by atoms with Crippen LogP contribution in [0.2, 0.25) is 15.1 Å². The topological polar surface area (TPSA) is 41.5 Å². The van der Waals surface area contributed by atoms with Crippen molar-refractivity contribution in [1.29, 1.82) is 0 Å². The van der Waals surface area contributed by atoms with Gasteiger partial charge < -0.3 is 0 Å². The lowest BCUT2D eigenvalue weighted by Crippen LogP contribution is -2.22. The summed E-state index contributed by atoms with van der Waals surface area (Å²) in [6, 6.07) is 3.09. The molecule has 0 aliphatic carbocycles. The molecule has 1 N–H and O–H groups in total. The summed E-state index contributed by atoms with van der Waals surface area (Å²) < 4.78 is 0.